The van der Waals surface area contributed by atoms with Crippen molar-refractivity contribution in [2.24, 2.45) is 11.3 Å². The van der Waals surface area contributed by atoms with Crippen LogP contribution in [-0.4, -0.2) is 32.1 Å². The molecule has 21 heavy (non-hydrogen) atoms. The Hall–Kier alpha value is -1.26. The van der Waals surface area contributed by atoms with Gasteiger partial charge in [-0.15, -0.1) is 6.58 Å². The number of ether oxygens (including phenoxy) is 2. The largest absolute Gasteiger partial charge is 0.359 e. The molecule has 0 aromatic carbocycles. The van der Waals surface area contributed by atoms with E-state index in [9.17, 15) is 9.59 Å². The van der Waals surface area contributed by atoms with Gasteiger partial charge in [0.05, 0.1) is 6.10 Å². The van der Waals surface area contributed by atoms with Gasteiger partial charge >= 0.3 is 0 Å². The van der Waals surface area contributed by atoms with Crippen molar-refractivity contribution in [1.29, 1.82) is 0 Å². The maximum atomic E-state index is 12.4. The van der Waals surface area contributed by atoms with Gasteiger partial charge in [-0.3, -0.25) is 4.79 Å². The summed E-state index contributed by atoms with van der Waals surface area (Å²) in [6.45, 7) is 4.10. The standard InChI is InChI=1S/C17H24O4/c1-3-9-17-13(6-4-8-16(17)21-12-20-2)11-15(19)14(17)7-5-10-18/h3,10-11,14,16H,1,4-9,12H2,2H3/t14-,16+,17-/m0/s1. The first-order valence-corrected chi connectivity index (χ1v) is 7.60. The molecule has 2 aliphatic rings. The van der Waals surface area contributed by atoms with E-state index in [-0.39, 0.29) is 30.0 Å². The highest BCUT2D eigenvalue weighted by Crippen LogP contribution is 2.55. The molecule has 0 aromatic rings. The number of allylic oxidation sites excluding steroid dienone is 2. The van der Waals surface area contributed by atoms with Crippen molar-refractivity contribution >= 4 is 12.1 Å². The smallest absolute Gasteiger partial charge is 0.159 e. The third-order valence-electron chi connectivity index (χ3n) is 4.81. The quantitative estimate of drug-likeness (QED) is 0.392. The highest BCUT2D eigenvalue weighted by Gasteiger charge is 2.54. The predicted molar refractivity (Wildman–Crippen MR) is 79.7 cm³/mol. The maximum Gasteiger partial charge on any atom is 0.159 e. The number of carbonyl (C=O) groups is 2. The number of rotatable bonds is 8. The third-order valence-corrected chi connectivity index (χ3v) is 4.81. The van der Waals surface area contributed by atoms with Gasteiger partial charge in [0.2, 0.25) is 0 Å². The summed E-state index contributed by atoms with van der Waals surface area (Å²) in [4.78, 5) is 23.2. The first kappa shape index (κ1) is 16.1. The lowest BCUT2D eigenvalue weighted by Gasteiger charge is -2.46. The van der Waals surface area contributed by atoms with Crippen LogP contribution in [0, 0.1) is 11.3 Å². The van der Waals surface area contributed by atoms with Crippen LogP contribution in [0.25, 0.3) is 0 Å². The lowest BCUT2D eigenvalue weighted by Crippen LogP contribution is -2.46. The van der Waals surface area contributed by atoms with Gasteiger partial charge in [-0.2, -0.15) is 0 Å². The number of aldehydes is 1. The zero-order chi connectivity index (χ0) is 15.3. The molecule has 0 unspecified atom stereocenters. The fourth-order valence-corrected chi connectivity index (χ4v) is 4.02. The van der Waals surface area contributed by atoms with E-state index in [1.165, 1.54) is 5.57 Å². The second-order valence-electron chi connectivity index (χ2n) is 5.86. The Kier molecular flexibility index (Phi) is 5.48. The van der Waals surface area contributed by atoms with Crippen molar-refractivity contribution in [3.8, 4) is 0 Å². The molecule has 0 radical (unpaired) electrons. The van der Waals surface area contributed by atoms with Gasteiger partial charge in [0.25, 0.3) is 0 Å². The maximum absolute atomic E-state index is 12.4. The molecule has 0 saturated heterocycles. The predicted octanol–water partition coefficient (Wildman–Crippen LogP) is 2.83. The van der Waals surface area contributed by atoms with Crippen molar-refractivity contribution in [1.82, 2.24) is 0 Å². The zero-order valence-electron chi connectivity index (χ0n) is 12.7. The summed E-state index contributed by atoms with van der Waals surface area (Å²) < 4.78 is 11.0. The van der Waals surface area contributed by atoms with Gasteiger partial charge in [0.15, 0.2) is 5.78 Å². The van der Waals surface area contributed by atoms with Crippen molar-refractivity contribution in [3.05, 3.63) is 24.3 Å². The average molecular weight is 292 g/mol. The molecule has 2 aliphatic carbocycles. The lowest BCUT2D eigenvalue weighted by molar-refractivity contribution is -0.142. The molecule has 0 N–H and O–H groups in total. The third kappa shape index (κ3) is 2.87. The van der Waals surface area contributed by atoms with Crippen molar-refractivity contribution in [3.63, 3.8) is 0 Å². The van der Waals surface area contributed by atoms with Gasteiger partial charge in [0.1, 0.15) is 13.1 Å². The Morgan fingerprint density at radius 2 is 2.33 bits per heavy atom. The van der Waals surface area contributed by atoms with Gasteiger partial charge in [-0.05, 0) is 38.2 Å². The van der Waals surface area contributed by atoms with Crippen molar-refractivity contribution < 1.29 is 19.1 Å². The molecular formula is C17H24O4. The molecule has 4 heteroatoms. The SMILES string of the molecule is C=CC[C@]12C(=CC(=O)[C@@H]1CCC=O)CCC[C@H]2OCOC. The summed E-state index contributed by atoms with van der Waals surface area (Å²) in [6.07, 6.45) is 9.09. The fourth-order valence-electron chi connectivity index (χ4n) is 4.02. The number of carbonyl (C=O) groups excluding carboxylic acids is 2. The summed E-state index contributed by atoms with van der Waals surface area (Å²) in [6, 6.07) is 0. The average Bonchev–Trinajstić information content (AvgIpc) is 2.75. The van der Waals surface area contributed by atoms with E-state index in [4.69, 9.17) is 9.47 Å². The summed E-state index contributed by atoms with van der Waals surface area (Å²) in [7, 11) is 1.60. The van der Waals surface area contributed by atoms with Crippen LogP contribution in [0.3, 0.4) is 0 Å². The molecule has 3 atom stereocenters. The molecule has 2 rings (SSSR count). The minimum atomic E-state index is -0.321. The van der Waals surface area contributed by atoms with Crippen LogP contribution >= 0.6 is 0 Å². The van der Waals surface area contributed by atoms with E-state index in [1.54, 1.807) is 13.2 Å². The molecular weight excluding hydrogens is 268 g/mol. The van der Waals surface area contributed by atoms with Crippen molar-refractivity contribution in [2.75, 3.05) is 13.9 Å². The monoisotopic (exact) mass is 292 g/mol. The Balaban J connectivity index is 2.34. The molecule has 1 fully saturated rings. The van der Waals surface area contributed by atoms with Gasteiger partial charge < -0.3 is 14.3 Å². The van der Waals surface area contributed by atoms with Gasteiger partial charge in [-0.1, -0.05) is 11.6 Å². The highest BCUT2D eigenvalue weighted by molar-refractivity contribution is 5.97. The fraction of sp³-hybridized carbons (Fsp3) is 0.647. The van der Waals surface area contributed by atoms with E-state index in [0.717, 1.165) is 25.5 Å². The Morgan fingerprint density at radius 1 is 1.52 bits per heavy atom. The number of fused-ring (bicyclic) bond motifs is 1. The van der Waals surface area contributed by atoms with E-state index < -0.39 is 0 Å². The minimum Gasteiger partial charge on any atom is -0.359 e. The van der Waals surface area contributed by atoms with Gasteiger partial charge in [0, 0.05) is 24.9 Å². The van der Waals surface area contributed by atoms with E-state index >= 15 is 0 Å². The molecule has 116 valence electrons. The Labute approximate surface area is 126 Å². The lowest BCUT2D eigenvalue weighted by atomic mass is 9.61. The molecule has 0 aliphatic heterocycles. The van der Waals surface area contributed by atoms with Crippen molar-refractivity contribution in [2.45, 2.75) is 44.6 Å². The minimum absolute atomic E-state index is 0.0430. The molecule has 4 nitrogen and oxygen atoms in total. The van der Waals surface area contributed by atoms with Crippen LogP contribution < -0.4 is 0 Å². The van der Waals surface area contributed by atoms with Gasteiger partial charge in [-0.25, -0.2) is 0 Å². The second-order valence-corrected chi connectivity index (χ2v) is 5.86. The molecule has 0 aromatic heterocycles. The number of hydrogen-bond acceptors (Lipinski definition) is 4. The van der Waals surface area contributed by atoms with Crippen LogP contribution in [-0.2, 0) is 19.1 Å². The van der Waals surface area contributed by atoms with E-state index in [1.807, 2.05) is 6.08 Å². The Morgan fingerprint density at radius 3 is 3.00 bits per heavy atom. The Bertz CT molecular complexity index is 440. The summed E-state index contributed by atoms with van der Waals surface area (Å²) in [5.74, 6) is -0.0283. The van der Waals surface area contributed by atoms with E-state index in [0.29, 0.717) is 19.3 Å². The van der Waals surface area contributed by atoms with E-state index in [2.05, 4.69) is 6.58 Å². The summed E-state index contributed by atoms with van der Waals surface area (Å²) in [5.41, 5.74) is 0.856. The first-order chi connectivity index (χ1) is 10.2. The van der Waals surface area contributed by atoms with Crippen LogP contribution in [0.5, 0.6) is 0 Å². The summed E-state index contributed by atoms with van der Waals surface area (Å²) in [5, 5.41) is 0. The van der Waals surface area contributed by atoms with Crippen LogP contribution in [0.15, 0.2) is 24.3 Å². The highest BCUT2D eigenvalue weighted by atomic mass is 16.7. The molecule has 1 saturated carbocycles. The molecule has 0 bridgehead atoms. The summed E-state index contributed by atoms with van der Waals surface area (Å²) >= 11 is 0. The van der Waals surface area contributed by atoms with Crippen LogP contribution in [0.4, 0.5) is 0 Å². The number of ketones is 1. The zero-order valence-corrected chi connectivity index (χ0v) is 12.7. The van der Waals surface area contributed by atoms with Crippen LogP contribution in [0.1, 0.15) is 38.5 Å². The molecule has 0 amide bonds. The van der Waals surface area contributed by atoms with Crippen LogP contribution in [0.2, 0.25) is 0 Å². The second kappa shape index (κ2) is 7.14. The number of hydrogen-bond donors (Lipinski definition) is 0. The normalized spacial score (nSPS) is 31.7. The molecule has 0 spiro atoms. The molecule has 0 heterocycles. The topological polar surface area (TPSA) is 52.6 Å². The first-order valence-electron chi connectivity index (χ1n) is 7.60. The number of methoxy groups -OCH3 is 1.